The minimum Gasteiger partial charge on any atom is -0.430 e. The Balaban J connectivity index is 2.77. The van der Waals surface area contributed by atoms with E-state index in [1.54, 1.807) is 4.73 Å². The Kier molecular flexibility index (Phi) is 3.87. The van der Waals surface area contributed by atoms with Gasteiger partial charge in [-0.1, -0.05) is 0 Å². The standard InChI is InChI=1S/C8H11BrNO2/c1-2-12-10-6-4-3-5-8(10)11-7-9/h3-6H,2,7H2,1H3/q+1. The molecule has 0 N–H and O–H groups in total. The molecule has 1 rings (SSSR count). The molecule has 4 heteroatoms. The summed E-state index contributed by atoms with van der Waals surface area (Å²) in [7, 11) is 0. The van der Waals surface area contributed by atoms with Crippen LogP contribution in [0.1, 0.15) is 6.92 Å². The molecule has 0 saturated heterocycles. The van der Waals surface area contributed by atoms with Crippen LogP contribution in [0.4, 0.5) is 0 Å². The summed E-state index contributed by atoms with van der Waals surface area (Å²) in [4.78, 5) is 5.26. The van der Waals surface area contributed by atoms with E-state index < -0.39 is 0 Å². The number of hydrogen-bond donors (Lipinski definition) is 0. The topological polar surface area (TPSA) is 22.3 Å². The van der Waals surface area contributed by atoms with Gasteiger partial charge in [0, 0.05) is 10.8 Å². The van der Waals surface area contributed by atoms with Crippen molar-refractivity contribution in [3.63, 3.8) is 0 Å². The minimum absolute atomic E-state index is 0.462. The highest BCUT2D eigenvalue weighted by Gasteiger charge is 2.10. The molecule has 0 unspecified atom stereocenters. The van der Waals surface area contributed by atoms with Crippen LogP contribution in [-0.4, -0.2) is 12.1 Å². The van der Waals surface area contributed by atoms with Gasteiger partial charge in [-0.2, -0.15) is 0 Å². The van der Waals surface area contributed by atoms with Gasteiger partial charge in [-0.3, -0.25) is 4.84 Å². The first-order valence-electron chi connectivity index (χ1n) is 3.71. The van der Waals surface area contributed by atoms with Crippen molar-refractivity contribution in [1.82, 2.24) is 0 Å². The molecular weight excluding hydrogens is 222 g/mol. The van der Waals surface area contributed by atoms with Gasteiger partial charge in [0.2, 0.25) is 6.20 Å². The molecular formula is C8H11BrNO2+. The second-order valence-corrected chi connectivity index (χ2v) is 2.49. The predicted molar refractivity (Wildman–Crippen MR) is 48.2 cm³/mol. The fraction of sp³-hybridized carbons (Fsp3) is 0.375. The fourth-order valence-corrected chi connectivity index (χ4v) is 1.06. The Labute approximate surface area is 80.0 Å². The van der Waals surface area contributed by atoms with Crippen molar-refractivity contribution in [1.29, 1.82) is 0 Å². The van der Waals surface area contributed by atoms with Gasteiger partial charge in [-0.15, -0.1) is 0 Å². The molecule has 0 radical (unpaired) electrons. The van der Waals surface area contributed by atoms with Crippen LogP contribution in [0.2, 0.25) is 0 Å². The highest BCUT2D eigenvalue weighted by molar-refractivity contribution is 9.09. The van der Waals surface area contributed by atoms with Gasteiger partial charge in [-0.25, -0.2) is 0 Å². The summed E-state index contributed by atoms with van der Waals surface area (Å²) >= 11 is 3.18. The molecule has 0 aliphatic carbocycles. The summed E-state index contributed by atoms with van der Waals surface area (Å²) in [6.07, 6.45) is 1.81. The Morgan fingerprint density at radius 3 is 3.00 bits per heavy atom. The zero-order valence-electron chi connectivity index (χ0n) is 6.87. The second-order valence-electron chi connectivity index (χ2n) is 2.04. The highest BCUT2D eigenvalue weighted by Crippen LogP contribution is 2.01. The molecule has 0 fully saturated rings. The van der Waals surface area contributed by atoms with E-state index in [0.717, 1.165) is 0 Å². The van der Waals surface area contributed by atoms with Gasteiger partial charge in [0.15, 0.2) is 6.61 Å². The van der Waals surface area contributed by atoms with Gasteiger partial charge in [0.25, 0.3) is 0 Å². The number of halogens is 1. The van der Waals surface area contributed by atoms with E-state index in [1.165, 1.54) is 0 Å². The number of pyridine rings is 1. The van der Waals surface area contributed by atoms with Crippen molar-refractivity contribution >= 4 is 15.9 Å². The molecule has 0 atom stereocenters. The number of aromatic nitrogens is 1. The van der Waals surface area contributed by atoms with Gasteiger partial charge < -0.3 is 4.74 Å². The van der Waals surface area contributed by atoms with Gasteiger partial charge in [0.1, 0.15) is 5.52 Å². The summed E-state index contributed by atoms with van der Waals surface area (Å²) in [6.45, 7) is 2.55. The van der Waals surface area contributed by atoms with Crippen LogP contribution < -0.4 is 14.3 Å². The first kappa shape index (κ1) is 9.32. The van der Waals surface area contributed by atoms with E-state index in [-0.39, 0.29) is 0 Å². The second kappa shape index (κ2) is 4.98. The van der Waals surface area contributed by atoms with Crippen LogP contribution in [0, 0.1) is 0 Å². The number of hydrogen-bond acceptors (Lipinski definition) is 2. The summed E-state index contributed by atoms with van der Waals surface area (Å²) < 4.78 is 6.84. The summed E-state index contributed by atoms with van der Waals surface area (Å²) in [5.41, 5.74) is 0.462. The lowest BCUT2D eigenvalue weighted by molar-refractivity contribution is -0.892. The third kappa shape index (κ3) is 2.37. The molecule has 1 aromatic rings. The van der Waals surface area contributed by atoms with E-state index in [2.05, 4.69) is 15.9 Å². The molecule has 0 bridgehead atoms. The maximum atomic E-state index is 5.26. The Morgan fingerprint density at radius 2 is 2.33 bits per heavy atom. The van der Waals surface area contributed by atoms with Crippen molar-refractivity contribution in [3.8, 4) is 5.88 Å². The van der Waals surface area contributed by atoms with Gasteiger partial charge in [-0.05, 0) is 28.9 Å². The normalized spacial score (nSPS) is 9.50. The smallest absolute Gasteiger partial charge is 0.417 e. The Bertz CT molecular complexity index is 217. The Hall–Kier alpha value is -0.770. The molecule has 0 amide bonds. The largest absolute Gasteiger partial charge is 0.430 e. The van der Waals surface area contributed by atoms with Crippen LogP contribution in [0.5, 0.6) is 5.88 Å². The lowest BCUT2D eigenvalue weighted by atomic mass is 10.5. The van der Waals surface area contributed by atoms with Gasteiger partial charge >= 0.3 is 5.88 Å². The number of alkyl halides is 1. The zero-order valence-corrected chi connectivity index (χ0v) is 8.45. The molecule has 66 valence electrons. The Morgan fingerprint density at radius 1 is 1.50 bits per heavy atom. The summed E-state index contributed by atoms with van der Waals surface area (Å²) in [5.74, 6) is 0.691. The molecule has 0 saturated carbocycles. The van der Waals surface area contributed by atoms with Gasteiger partial charge in [0.05, 0.1) is 6.07 Å². The van der Waals surface area contributed by atoms with E-state index in [0.29, 0.717) is 18.0 Å². The fourth-order valence-electron chi connectivity index (χ4n) is 0.826. The average molecular weight is 233 g/mol. The molecule has 3 nitrogen and oxygen atoms in total. The first-order chi connectivity index (χ1) is 5.88. The predicted octanol–water partition coefficient (Wildman–Crippen LogP) is 1.15. The third-order valence-electron chi connectivity index (χ3n) is 1.26. The van der Waals surface area contributed by atoms with E-state index >= 15 is 0 Å². The SMILES string of the molecule is CCO[n+]1ccccc1OCBr. The molecule has 0 aromatic carbocycles. The maximum Gasteiger partial charge on any atom is 0.417 e. The van der Waals surface area contributed by atoms with Crippen LogP contribution in [0.25, 0.3) is 0 Å². The molecule has 0 aliphatic rings. The zero-order chi connectivity index (χ0) is 8.81. The minimum atomic E-state index is 0.462. The van der Waals surface area contributed by atoms with Crippen LogP contribution >= 0.6 is 15.9 Å². The lowest BCUT2D eigenvalue weighted by Crippen LogP contribution is -2.43. The summed E-state index contributed by atoms with van der Waals surface area (Å²) in [5, 5.41) is 0. The highest BCUT2D eigenvalue weighted by atomic mass is 79.9. The lowest BCUT2D eigenvalue weighted by Gasteiger charge is -1.99. The van der Waals surface area contributed by atoms with Crippen LogP contribution in [0.15, 0.2) is 24.4 Å². The third-order valence-corrected chi connectivity index (χ3v) is 1.49. The van der Waals surface area contributed by atoms with E-state index in [4.69, 9.17) is 9.57 Å². The average Bonchev–Trinajstić information content (AvgIpc) is 2.09. The quantitative estimate of drug-likeness (QED) is 0.575. The van der Waals surface area contributed by atoms with Crippen molar-refractivity contribution < 1.29 is 14.3 Å². The number of rotatable bonds is 4. The molecule has 1 aromatic heterocycles. The van der Waals surface area contributed by atoms with Crippen molar-refractivity contribution in [2.75, 3.05) is 12.1 Å². The van der Waals surface area contributed by atoms with E-state index in [9.17, 15) is 0 Å². The molecule has 1 heterocycles. The number of ether oxygens (including phenoxy) is 1. The van der Waals surface area contributed by atoms with Crippen molar-refractivity contribution in [3.05, 3.63) is 24.4 Å². The van der Waals surface area contributed by atoms with Crippen LogP contribution in [0.3, 0.4) is 0 Å². The molecule has 0 spiro atoms. The maximum absolute atomic E-state index is 5.26. The van der Waals surface area contributed by atoms with Crippen molar-refractivity contribution in [2.24, 2.45) is 0 Å². The van der Waals surface area contributed by atoms with Crippen molar-refractivity contribution in [2.45, 2.75) is 6.92 Å². The summed E-state index contributed by atoms with van der Waals surface area (Å²) in [6, 6.07) is 5.63. The van der Waals surface area contributed by atoms with E-state index in [1.807, 2.05) is 31.3 Å². The molecule has 12 heavy (non-hydrogen) atoms. The monoisotopic (exact) mass is 232 g/mol. The number of nitrogens with zero attached hydrogens (tertiary/aromatic N) is 1. The van der Waals surface area contributed by atoms with Crippen LogP contribution in [-0.2, 0) is 0 Å². The molecule has 0 aliphatic heterocycles. The first-order valence-corrected chi connectivity index (χ1v) is 4.83.